The number of nitrogens with zero attached hydrogens (tertiary/aromatic N) is 1. The van der Waals surface area contributed by atoms with Crippen LogP contribution in [0.5, 0.6) is 0 Å². The van der Waals surface area contributed by atoms with Gasteiger partial charge in [-0.15, -0.1) is 0 Å². The Balaban J connectivity index is 1.62. The van der Waals surface area contributed by atoms with Gasteiger partial charge in [0, 0.05) is 12.6 Å². The van der Waals surface area contributed by atoms with Crippen molar-refractivity contribution in [1.29, 1.82) is 0 Å². The minimum absolute atomic E-state index is 0.334. The van der Waals surface area contributed by atoms with Gasteiger partial charge in [0.05, 0.1) is 12.3 Å². The lowest BCUT2D eigenvalue weighted by molar-refractivity contribution is 0.0666. The Morgan fingerprint density at radius 2 is 2.25 bits per heavy atom. The zero-order valence-corrected chi connectivity index (χ0v) is 9.86. The number of furan rings is 1. The molecule has 88 valence electrons. The summed E-state index contributed by atoms with van der Waals surface area (Å²) < 4.78 is 5.44. The summed E-state index contributed by atoms with van der Waals surface area (Å²) in [6.07, 6.45) is 4.48. The predicted octanol–water partition coefficient (Wildman–Crippen LogP) is 2.02. The Labute approximate surface area is 96.8 Å². The number of hydrogen-bond donors (Lipinski definition) is 1. The van der Waals surface area contributed by atoms with E-state index < -0.39 is 0 Å². The van der Waals surface area contributed by atoms with E-state index in [1.165, 1.54) is 32.5 Å². The summed E-state index contributed by atoms with van der Waals surface area (Å²) in [4.78, 5) is 2.58. The smallest absolute Gasteiger partial charge is 0.120 e. The average Bonchev–Trinajstić information content (AvgIpc) is 2.84. The fourth-order valence-electron chi connectivity index (χ4n) is 3.09. The van der Waals surface area contributed by atoms with Gasteiger partial charge >= 0.3 is 0 Å². The normalized spacial score (nSPS) is 35.2. The number of piperidine rings is 3. The molecule has 0 spiro atoms. The average molecular weight is 220 g/mol. The molecule has 1 N–H and O–H groups in total. The van der Waals surface area contributed by atoms with Crippen molar-refractivity contribution in [3.8, 4) is 0 Å². The van der Waals surface area contributed by atoms with Gasteiger partial charge in [0.1, 0.15) is 5.76 Å². The van der Waals surface area contributed by atoms with Gasteiger partial charge in [-0.25, -0.2) is 0 Å². The lowest BCUT2D eigenvalue weighted by Gasteiger charge is -2.45. The van der Waals surface area contributed by atoms with Crippen LogP contribution in [0.4, 0.5) is 0 Å². The molecular weight excluding hydrogens is 200 g/mol. The van der Waals surface area contributed by atoms with Crippen LogP contribution in [0, 0.1) is 5.92 Å². The molecule has 1 unspecified atom stereocenters. The molecule has 3 aliphatic heterocycles. The highest BCUT2D eigenvalue weighted by molar-refractivity contribution is 5.04. The maximum atomic E-state index is 5.44. The molecule has 3 aliphatic rings. The van der Waals surface area contributed by atoms with Crippen molar-refractivity contribution in [2.75, 3.05) is 19.6 Å². The molecule has 3 saturated heterocycles. The molecule has 0 amide bonds. The van der Waals surface area contributed by atoms with Gasteiger partial charge in [0.15, 0.2) is 0 Å². The van der Waals surface area contributed by atoms with Gasteiger partial charge in [0.25, 0.3) is 0 Å². The maximum Gasteiger partial charge on any atom is 0.120 e. The van der Waals surface area contributed by atoms with E-state index in [1.807, 2.05) is 6.07 Å². The summed E-state index contributed by atoms with van der Waals surface area (Å²) in [5, 5.41) is 3.72. The Morgan fingerprint density at radius 1 is 1.44 bits per heavy atom. The van der Waals surface area contributed by atoms with E-state index in [1.54, 1.807) is 6.26 Å². The number of nitrogens with one attached hydrogen (secondary N) is 1. The van der Waals surface area contributed by atoms with E-state index in [9.17, 15) is 0 Å². The molecule has 3 heteroatoms. The monoisotopic (exact) mass is 220 g/mol. The molecule has 3 nitrogen and oxygen atoms in total. The minimum atomic E-state index is 0.334. The topological polar surface area (TPSA) is 28.4 Å². The molecular formula is C13H20N2O. The number of rotatable bonds is 3. The predicted molar refractivity (Wildman–Crippen MR) is 63.2 cm³/mol. The van der Waals surface area contributed by atoms with E-state index in [4.69, 9.17) is 4.42 Å². The van der Waals surface area contributed by atoms with Crippen LogP contribution in [0.25, 0.3) is 0 Å². The van der Waals surface area contributed by atoms with E-state index in [0.29, 0.717) is 12.1 Å². The van der Waals surface area contributed by atoms with Gasteiger partial charge < -0.3 is 14.6 Å². The third kappa shape index (κ3) is 1.89. The van der Waals surface area contributed by atoms with E-state index in [0.717, 1.165) is 11.7 Å². The molecule has 16 heavy (non-hydrogen) atoms. The van der Waals surface area contributed by atoms with Crippen molar-refractivity contribution < 1.29 is 4.42 Å². The zero-order chi connectivity index (χ0) is 11.0. The first-order chi connectivity index (χ1) is 7.83. The van der Waals surface area contributed by atoms with Gasteiger partial charge in [-0.05, 0) is 50.9 Å². The Kier molecular flexibility index (Phi) is 2.74. The largest absolute Gasteiger partial charge is 0.468 e. The summed E-state index contributed by atoms with van der Waals surface area (Å²) in [5.74, 6) is 1.93. The molecule has 0 aromatic carbocycles. The summed E-state index contributed by atoms with van der Waals surface area (Å²) >= 11 is 0. The highest BCUT2D eigenvalue weighted by atomic mass is 16.3. The number of fused-ring (bicyclic) bond motifs is 3. The Hall–Kier alpha value is -0.800. The fourth-order valence-corrected chi connectivity index (χ4v) is 3.09. The molecule has 1 aromatic rings. The Bertz CT molecular complexity index is 328. The molecule has 2 bridgehead atoms. The van der Waals surface area contributed by atoms with Crippen molar-refractivity contribution in [3.05, 3.63) is 24.2 Å². The van der Waals surface area contributed by atoms with Gasteiger partial charge in [-0.3, -0.25) is 0 Å². The zero-order valence-electron chi connectivity index (χ0n) is 9.86. The third-order valence-electron chi connectivity index (χ3n) is 4.09. The van der Waals surface area contributed by atoms with Gasteiger partial charge in [-0.2, -0.15) is 0 Å². The summed E-state index contributed by atoms with van der Waals surface area (Å²) in [5.41, 5.74) is 0. The maximum absolute atomic E-state index is 5.44. The van der Waals surface area contributed by atoms with Gasteiger partial charge in [-0.1, -0.05) is 0 Å². The van der Waals surface area contributed by atoms with Crippen LogP contribution < -0.4 is 5.32 Å². The molecule has 1 aromatic heterocycles. The van der Waals surface area contributed by atoms with Crippen molar-refractivity contribution in [1.82, 2.24) is 10.2 Å². The summed E-state index contributed by atoms with van der Waals surface area (Å²) in [7, 11) is 0. The quantitative estimate of drug-likeness (QED) is 0.845. The lowest BCUT2D eigenvalue weighted by atomic mass is 9.83. The Morgan fingerprint density at radius 3 is 2.81 bits per heavy atom. The van der Waals surface area contributed by atoms with Crippen molar-refractivity contribution in [2.24, 2.45) is 5.92 Å². The molecule has 2 atom stereocenters. The first kappa shape index (κ1) is 10.4. The SMILES string of the molecule is C[C@@H](NC1CN2CCC1CC2)c1ccco1. The third-order valence-corrected chi connectivity index (χ3v) is 4.09. The molecule has 3 fully saturated rings. The second-order valence-corrected chi connectivity index (χ2v) is 5.15. The van der Waals surface area contributed by atoms with E-state index in [2.05, 4.69) is 23.2 Å². The van der Waals surface area contributed by atoms with Crippen LogP contribution in [0.3, 0.4) is 0 Å². The van der Waals surface area contributed by atoms with E-state index >= 15 is 0 Å². The standard InChI is InChI=1S/C13H20N2O/c1-10(13-3-2-8-16-13)14-12-9-15-6-4-11(12)5-7-15/h2-3,8,10-12,14H,4-7,9H2,1H3/t10-,12?/m1/s1. The fraction of sp³-hybridized carbons (Fsp3) is 0.692. The molecule has 0 radical (unpaired) electrons. The summed E-state index contributed by atoms with van der Waals surface area (Å²) in [6.45, 7) is 6.02. The first-order valence-corrected chi connectivity index (χ1v) is 6.35. The van der Waals surface area contributed by atoms with Crippen molar-refractivity contribution in [3.63, 3.8) is 0 Å². The molecule has 0 aliphatic carbocycles. The highest BCUT2D eigenvalue weighted by Crippen LogP contribution is 2.29. The van der Waals surface area contributed by atoms with Gasteiger partial charge in [0.2, 0.25) is 0 Å². The van der Waals surface area contributed by atoms with Crippen LogP contribution in [-0.4, -0.2) is 30.6 Å². The molecule has 4 rings (SSSR count). The first-order valence-electron chi connectivity index (χ1n) is 6.35. The van der Waals surface area contributed by atoms with Crippen molar-refractivity contribution >= 4 is 0 Å². The van der Waals surface area contributed by atoms with Crippen LogP contribution >= 0.6 is 0 Å². The summed E-state index contributed by atoms with van der Waals surface area (Å²) in [6, 6.07) is 5.01. The lowest BCUT2D eigenvalue weighted by Crippen LogP contribution is -2.56. The minimum Gasteiger partial charge on any atom is -0.468 e. The van der Waals surface area contributed by atoms with Crippen LogP contribution in [0.2, 0.25) is 0 Å². The number of hydrogen-bond acceptors (Lipinski definition) is 3. The molecule has 4 heterocycles. The van der Waals surface area contributed by atoms with Crippen LogP contribution in [-0.2, 0) is 0 Å². The van der Waals surface area contributed by atoms with Crippen LogP contribution in [0.15, 0.2) is 22.8 Å². The second kappa shape index (κ2) is 4.22. The van der Waals surface area contributed by atoms with Crippen molar-refractivity contribution in [2.45, 2.75) is 31.8 Å². The van der Waals surface area contributed by atoms with Crippen LogP contribution in [0.1, 0.15) is 31.6 Å². The van der Waals surface area contributed by atoms with E-state index in [-0.39, 0.29) is 0 Å². The highest BCUT2D eigenvalue weighted by Gasteiger charge is 2.34. The second-order valence-electron chi connectivity index (χ2n) is 5.15. The molecule has 0 saturated carbocycles.